The highest BCUT2D eigenvalue weighted by Gasteiger charge is 2.49. The van der Waals surface area contributed by atoms with Crippen molar-refractivity contribution in [2.45, 2.75) is 149 Å². The summed E-state index contributed by atoms with van der Waals surface area (Å²) in [6.45, 7) is 31.0. The van der Waals surface area contributed by atoms with Crippen LogP contribution in [0.3, 0.4) is 0 Å². The second-order valence-electron chi connectivity index (χ2n) is 24.1. The molecule has 2 aliphatic carbocycles. The lowest BCUT2D eigenvalue weighted by Crippen LogP contribution is -2.61. The molecular formula is C61H67BN2O. The van der Waals surface area contributed by atoms with E-state index in [1.807, 2.05) is 0 Å². The normalized spacial score (nSPS) is 18.5. The molecule has 65 heavy (non-hydrogen) atoms. The maximum Gasteiger partial charge on any atom is 0.297 e. The van der Waals surface area contributed by atoms with Gasteiger partial charge in [-0.2, -0.15) is 0 Å². The second kappa shape index (κ2) is 14.0. The highest BCUT2D eigenvalue weighted by Crippen LogP contribution is 2.54. The molecule has 330 valence electrons. The molecule has 0 atom stereocenters. The Morgan fingerprint density at radius 3 is 1.72 bits per heavy atom. The average Bonchev–Trinajstić information content (AvgIpc) is 3.64. The van der Waals surface area contributed by atoms with Crippen molar-refractivity contribution < 1.29 is 4.42 Å². The predicted molar refractivity (Wildman–Crippen MR) is 279 cm³/mol. The molecule has 3 nitrogen and oxygen atoms in total. The molecule has 0 saturated carbocycles. The Balaban J connectivity index is 1.28. The first kappa shape index (κ1) is 42.2. The molecule has 7 aromatic rings. The summed E-state index contributed by atoms with van der Waals surface area (Å²) >= 11 is 0. The van der Waals surface area contributed by atoms with Gasteiger partial charge in [-0.3, -0.25) is 0 Å². The Morgan fingerprint density at radius 2 is 1.11 bits per heavy atom. The Hall–Kier alpha value is -5.48. The quantitative estimate of drug-likeness (QED) is 0.164. The van der Waals surface area contributed by atoms with Crippen molar-refractivity contribution in [3.8, 4) is 11.1 Å². The van der Waals surface area contributed by atoms with Gasteiger partial charge in [-0.1, -0.05) is 151 Å². The van der Waals surface area contributed by atoms with Crippen LogP contribution in [-0.2, 0) is 27.1 Å². The Morgan fingerprint density at radius 1 is 0.538 bits per heavy atom. The van der Waals surface area contributed by atoms with Crippen LogP contribution in [-0.4, -0.2) is 6.71 Å². The molecule has 2 aliphatic heterocycles. The Kier molecular flexibility index (Phi) is 9.10. The van der Waals surface area contributed by atoms with Crippen LogP contribution in [0.1, 0.15) is 155 Å². The largest absolute Gasteiger partial charge is 0.468 e. The van der Waals surface area contributed by atoms with Crippen molar-refractivity contribution in [3.63, 3.8) is 0 Å². The number of hydrogen-bond acceptors (Lipinski definition) is 3. The molecule has 3 heterocycles. The van der Waals surface area contributed by atoms with Crippen molar-refractivity contribution in [1.82, 2.24) is 0 Å². The molecule has 0 N–H and O–H groups in total. The zero-order chi connectivity index (χ0) is 45.7. The van der Waals surface area contributed by atoms with Crippen molar-refractivity contribution in [1.29, 1.82) is 0 Å². The first-order valence-corrected chi connectivity index (χ1v) is 24.5. The van der Waals surface area contributed by atoms with Crippen molar-refractivity contribution in [2.24, 2.45) is 0 Å². The number of rotatable bonds is 4. The fourth-order valence-electron chi connectivity index (χ4n) is 12.1. The molecule has 11 rings (SSSR count). The van der Waals surface area contributed by atoms with E-state index in [9.17, 15) is 0 Å². The van der Waals surface area contributed by atoms with E-state index in [4.69, 9.17) is 4.42 Å². The summed E-state index contributed by atoms with van der Waals surface area (Å²) in [4.78, 5) is 5.20. The van der Waals surface area contributed by atoms with E-state index in [0.717, 1.165) is 30.5 Å². The molecule has 0 fully saturated rings. The molecule has 4 heteroatoms. The topological polar surface area (TPSA) is 19.6 Å². The van der Waals surface area contributed by atoms with E-state index in [2.05, 4.69) is 215 Å². The number of furan rings is 1. The van der Waals surface area contributed by atoms with Gasteiger partial charge < -0.3 is 14.2 Å². The van der Waals surface area contributed by atoms with Crippen LogP contribution in [0.25, 0.3) is 22.1 Å². The minimum atomic E-state index is -0.115. The molecule has 1 aromatic heterocycles. The first-order valence-electron chi connectivity index (χ1n) is 24.5. The molecular weight excluding hydrogens is 787 g/mol. The van der Waals surface area contributed by atoms with Gasteiger partial charge in [-0.05, 0) is 169 Å². The number of nitrogens with zero attached hydrogens (tertiary/aromatic N) is 2. The maximum absolute atomic E-state index is 7.59. The number of anilines is 6. The van der Waals surface area contributed by atoms with Crippen LogP contribution in [0.15, 0.2) is 120 Å². The van der Waals surface area contributed by atoms with Gasteiger partial charge in [0, 0.05) is 33.8 Å². The zero-order valence-corrected chi connectivity index (χ0v) is 41.3. The predicted octanol–water partition coefficient (Wildman–Crippen LogP) is 15.3. The third-order valence-electron chi connectivity index (χ3n) is 16.5. The lowest BCUT2D eigenvalue weighted by molar-refractivity contribution is 0.332. The molecule has 6 aromatic carbocycles. The maximum atomic E-state index is 7.59. The number of hydrogen-bond donors (Lipinski definition) is 0. The monoisotopic (exact) mass is 855 g/mol. The fraction of sp³-hybridized carbons (Fsp3) is 0.377. The molecule has 0 saturated heterocycles. The Bertz CT molecular complexity index is 3060. The van der Waals surface area contributed by atoms with Crippen LogP contribution in [0.2, 0.25) is 0 Å². The van der Waals surface area contributed by atoms with E-state index in [1.165, 1.54) is 101 Å². The Labute approximate surface area is 389 Å². The van der Waals surface area contributed by atoms with Gasteiger partial charge >= 0.3 is 0 Å². The van der Waals surface area contributed by atoms with E-state index >= 15 is 0 Å². The molecule has 0 radical (unpaired) electrons. The second-order valence-corrected chi connectivity index (χ2v) is 24.1. The van der Waals surface area contributed by atoms with Crippen LogP contribution in [0, 0.1) is 0 Å². The highest BCUT2D eigenvalue weighted by atomic mass is 16.3. The van der Waals surface area contributed by atoms with Gasteiger partial charge in [0.2, 0.25) is 0 Å². The molecule has 0 unspecified atom stereocenters. The lowest BCUT2D eigenvalue weighted by atomic mass is 9.35. The van der Waals surface area contributed by atoms with Gasteiger partial charge in [0.05, 0.1) is 11.3 Å². The standard InChI is InChI=1S/C61H67BN2O/c1-37(2)39-19-26-49-50(31-39)63(42-22-20-41(21-23-42)57(3,4)5)51-32-40(38-17-15-14-16-18-38)33-52-54(51)62(49)56-55(44-35-47-48(36-53(44)65-56)61(12,13)30-29-60(47,10)11)64(52)43-24-25-45-46(34-43)59(8,9)28-27-58(45,6)7/h14-26,31-37H,27-30H2,1-13H3. The van der Waals surface area contributed by atoms with E-state index < -0.39 is 0 Å². The van der Waals surface area contributed by atoms with Crippen molar-refractivity contribution in [2.75, 3.05) is 9.80 Å². The third kappa shape index (κ3) is 6.43. The van der Waals surface area contributed by atoms with E-state index in [0.29, 0.717) is 5.92 Å². The lowest BCUT2D eigenvalue weighted by Gasteiger charge is -2.45. The van der Waals surface area contributed by atoms with Crippen LogP contribution in [0.5, 0.6) is 0 Å². The highest BCUT2D eigenvalue weighted by molar-refractivity contribution is 7.00. The van der Waals surface area contributed by atoms with Gasteiger partial charge in [0.25, 0.3) is 6.71 Å². The summed E-state index contributed by atoms with van der Waals surface area (Å²) in [5.74, 6) is 0.373. The third-order valence-corrected chi connectivity index (χ3v) is 16.5. The van der Waals surface area contributed by atoms with Gasteiger partial charge in [-0.25, -0.2) is 0 Å². The molecule has 0 spiro atoms. The van der Waals surface area contributed by atoms with Crippen LogP contribution < -0.4 is 26.4 Å². The molecule has 0 bridgehead atoms. The van der Waals surface area contributed by atoms with Crippen LogP contribution >= 0.6 is 0 Å². The van der Waals surface area contributed by atoms with Crippen molar-refractivity contribution in [3.05, 3.63) is 149 Å². The minimum Gasteiger partial charge on any atom is -0.468 e. The van der Waals surface area contributed by atoms with Crippen LogP contribution in [0.4, 0.5) is 34.1 Å². The average molecular weight is 855 g/mol. The number of benzene rings is 6. The summed E-state index contributed by atoms with van der Waals surface area (Å²) < 4.78 is 7.59. The molecule has 0 amide bonds. The SMILES string of the molecule is CC(C)c1ccc2c(c1)N(c1ccc(C(C)(C)C)cc1)c1cc(-c3ccccc3)cc3c1B2c1oc2cc4c(cc2c1N3c1ccc2c(c1)C(C)(C)CCC2(C)C)C(C)(C)CCC4(C)C. The summed E-state index contributed by atoms with van der Waals surface area (Å²) in [7, 11) is 0. The molecule has 4 aliphatic rings. The first-order chi connectivity index (χ1) is 30.6. The van der Waals surface area contributed by atoms with E-state index in [1.54, 1.807) is 0 Å². The van der Waals surface area contributed by atoms with Gasteiger partial charge in [-0.15, -0.1) is 0 Å². The zero-order valence-electron chi connectivity index (χ0n) is 41.3. The van der Waals surface area contributed by atoms with Gasteiger partial charge in [0.15, 0.2) is 0 Å². The number of fused-ring (bicyclic) bond motifs is 8. The summed E-state index contributed by atoms with van der Waals surface area (Å²) in [5, 5.41) is 1.21. The summed E-state index contributed by atoms with van der Waals surface area (Å²) in [6, 6.07) is 45.1. The van der Waals surface area contributed by atoms with Crippen molar-refractivity contribution >= 4 is 68.4 Å². The smallest absolute Gasteiger partial charge is 0.297 e. The fourth-order valence-corrected chi connectivity index (χ4v) is 12.1. The minimum absolute atomic E-state index is 0.0428. The van der Waals surface area contributed by atoms with E-state index in [-0.39, 0.29) is 33.8 Å². The summed E-state index contributed by atoms with van der Waals surface area (Å²) in [6.07, 6.45) is 4.66. The van der Waals surface area contributed by atoms with Gasteiger partial charge in [0.1, 0.15) is 5.58 Å². The summed E-state index contributed by atoms with van der Waals surface area (Å²) in [5.41, 5.74) is 23.0.